The normalized spacial score (nSPS) is 10.4. The molecule has 0 aliphatic heterocycles. The second kappa shape index (κ2) is 9.60. The number of hydrogen-bond donors (Lipinski definition) is 1. The number of nitrogens with zero attached hydrogens (tertiary/aromatic N) is 3. The minimum atomic E-state index is 0.529. The van der Waals surface area contributed by atoms with Crippen LogP contribution in [-0.2, 0) is 0 Å². The van der Waals surface area contributed by atoms with Gasteiger partial charge in [-0.15, -0.1) is 0 Å². The van der Waals surface area contributed by atoms with Crippen LogP contribution in [0.15, 0.2) is 60.9 Å². The SMILES string of the molecule is CCN(c1cccc(C)c1)c1cc(NCCOc2ccc(OC)cc2)ncn1. The molecule has 1 aromatic heterocycles. The summed E-state index contributed by atoms with van der Waals surface area (Å²) in [6.07, 6.45) is 1.58. The van der Waals surface area contributed by atoms with E-state index in [4.69, 9.17) is 9.47 Å². The van der Waals surface area contributed by atoms with E-state index in [9.17, 15) is 0 Å². The monoisotopic (exact) mass is 378 g/mol. The summed E-state index contributed by atoms with van der Waals surface area (Å²) in [5.74, 6) is 3.26. The zero-order valence-electron chi connectivity index (χ0n) is 16.6. The molecule has 3 aromatic rings. The number of rotatable bonds is 9. The summed E-state index contributed by atoms with van der Waals surface area (Å²) >= 11 is 0. The van der Waals surface area contributed by atoms with Gasteiger partial charge in [0.05, 0.1) is 13.7 Å². The van der Waals surface area contributed by atoms with Crippen LogP contribution >= 0.6 is 0 Å². The predicted octanol–water partition coefficient (Wildman–Crippen LogP) is 4.44. The van der Waals surface area contributed by atoms with Gasteiger partial charge < -0.3 is 19.7 Å². The van der Waals surface area contributed by atoms with Crippen LogP contribution in [0.5, 0.6) is 11.5 Å². The van der Waals surface area contributed by atoms with Gasteiger partial charge in [-0.1, -0.05) is 12.1 Å². The molecule has 6 nitrogen and oxygen atoms in total. The molecule has 0 radical (unpaired) electrons. The lowest BCUT2D eigenvalue weighted by Crippen LogP contribution is -2.18. The average molecular weight is 378 g/mol. The van der Waals surface area contributed by atoms with Gasteiger partial charge >= 0.3 is 0 Å². The third-order valence-corrected chi connectivity index (χ3v) is 4.30. The Bertz CT molecular complexity index is 884. The number of aromatic nitrogens is 2. The molecule has 0 fully saturated rings. The Labute approximate surface area is 166 Å². The van der Waals surface area contributed by atoms with Crippen molar-refractivity contribution in [3.05, 3.63) is 66.5 Å². The van der Waals surface area contributed by atoms with Gasteiger partial charge in [-0.2, -0.15) is 0 Å². The Balaban J connectivity index is 1.58. The number of benzene rings is 2. The fourth-order valence-corrected chi connectivity index (χ4v) is 2.88. The lowest BCUT2D eigenvalue weighted by Gasteiger charge is -2.22. The minimum Gasteiger partial charge on any atom is -0.497 e. The second-order valence-electron chi connectivity index (χ2n) is 6.30. The molecule has 0 spiro atoms. The fraction of sp³-hybridized carbons (Fsp3) is 0.273. The molecular formula is C22H26N4O2. The fourth-order valence-electron chi connectivity index (χ4n) is 2.88. The summed E-state index contributed by atoms with van der Waals surface area (Å²) in [4.78, 5) is 10.9. The number of anilines is 3. The molecule has 6 heteroatoms. The van der Waals surface area contributed by atoms with Gasteiger partial charge in [0, 0.05) is 18.3 Å². The molecule has 0 atom stereocenters. The lowest BCUT2D eigenvalue weighted by atomic mass is 10.2. The number of hydrogen-bond acceptors (Lipinski definition) is 6. The summed E-state index contributed by atoms with van der Waals surface area (Å²) in [6.45, 7) is 6.19. The summed E-state index contributed by atoms with van der Waals surface area (Å²) < 4.78 is 10.9. The molecule has 1 heterocycles. The van der Waals surface area contributed by atoms with Crippen molar-refractivity contribution in [3.8, 4) is 11.5 Å². The summed E-state index contributed by atoms with van der Waals surface area (Å²) in [5.41, 5.74) is 2.34. The Hall–Kier alpha value is -3.28. The highest BCUT2D eigenvalue weighted by molar-refractivity contribution is 5.62. The molecule has 0 amide bonds. The van der Waals surface area contributed by atoms with Crippen molar-refractivity contribution in [1.82, 2.24) is 9.97 Å². The first kappa shape index (κ1) is 19.5. The smallest absolute Gasteiger partial charge is 0.138 e. The van der Waals surface area contributed by atoms with Crippen LogP contribution in [0.25, 0.3) is 0 Å². The topological polar surface area (TPSA) is 59.5 Å². The van der Waals surface area contributed by atoms with Crippen molar-refractivity contribution in [3.63, 3.8) is 0 Å². The van der Waals surface area contributed by atoms with Crippen LogP contribution in [-0.4, -0.2) is 36.8 Å². The van der Waals surface area contributed by atoms with Crippen molar-refractivity contribution in [1.29, 1.82) is 0 Å². The summed E-state index contributed by atoms with van der Waals surface area (Å²) in [7, 11) is 1.65. The van der Waals surface area contributed by atoms with E-state index in [0.717, 1.165) is 35.4 Å². The number of methoxy groups -OCH3 is 1. The van der Waals surface area contributed by atoms with Crippen molar-refractivity contribution >= 4 is 17.3 Å². The highest BCUT2D eigenvalue weighted by Gasteiger charge is 2.10. The van der Waals surface area contributed by atoms with Gasteiger partial charge in [-0.25, -0.2) is 9.97 Å². The van der Waals surface area contributed by atoms with Gasteiger partial charge in [-0.3, -0.25) is 0 Å². The first-order chi connectivity index (χ1) is 13.7. The molecule has 0 aliphatic rings. The zero-order valence-corrected chi connectivity index (χ0v) is 16.6. The third-order valence-electron chi connectivity index (χ3n) is 4.30. The number of nitrogens with one attached hydrogen (secondary N) is 1. The van der Waals surface area contributed by atoms with Crippen molar-refractivity contribution < 1.29 is 9.47 Å². The zero-order chi connectivity index (χ0) is 19.8. The molecule has 0 unspecified atom stereocenters. The largest absolute Gasteiger partial charge is 0.497 e. The molecular weight excluding hydrogens is 352 g/mol. The van der Waals surface area contributed by atoms with E-state index >= 15 is 0 Å². The molecule has 2 aromatic carbocycles. The third kappa shape index (κ3) is 5.13. The van der Waals surface area contributed by atoms with Crippen LogP contribution in [0, 0.1) is 6.92 Å². The van der Waals surface area contributed by atoms with E-state index in [2.05, 4.69) is 58.3 Å². The Kier molecular flexibility index (Phi) is 6.68. The first-order valence-corrected chi connectivity index (χ1v) is 9.36. The molecule has 3 rings (SSSR count). The molecule has 0 saturated heterocycles. The summed E-state index contributed by atoms with van der Waals surface area (Å²) in [6, 6.07) is 17.9. The average Bonchev–Trinajstić information content (AvgIpc) is 2.73. The highest BCUT2D eigenvalue weighted by Crippen LogP contribution is 2.25. The van der Waals surface area contributed by atoms with E-state index in [1.54, 1.807) is 13.4 Å². The van der Waals surface area contributed by atoms with Crippen molar-refractivity contribution in [2.75, 3.05) is 37.0 Å². The molecule has 0 aliphatic carbocycles. The Morgan fingerprint density at radius 3 is 2.50 bits per heavy atom. The predicted molar refractivity (Wildman–Crippen MR) is 113 cm³/mol. The Morgan fingerprint density at radius 2 is 1.79 bits per heavy atom. The molecule has 146 valence electrons. The van der Waals surface area contributed by atoms with E-state index < -0.39 is 0 Å². The second-order valence-corrected chi connectivity index (χ2v) is 6.30. The van der Waals surface area contributed by atoms with E-state index in [0.29, 0.717) is 13.2 Å². The van der Waals surface area contributed by atoms with E-state index in [1.165, 1.54) is 5.56 Å². The van der Waals surface area contributed by atoms with Gasteiger partial charge in [0.15, 0.2) is 0 Å². The van der Waals surface area contributed by atoms with Crippen LogP contribution in [0.3, 0.4) is 0 Å². The van der Waals surface area contributed by atoms with Crippen molar-refractivity contribution in [2.45, 2.75) is 13.8 Å². The minimum absolute atomic E-state index is 0.529. The van der Waals surface area contributed by atoms with Gasteiger partial charge in [0.25, 0.3) is 0 Å². The van der Waals surface area contributed by atoms with Crippen LogP contribution in [0.2, 0.25) is 0 Å². The maximum absolute atomic E-state index is 5.74. The van der Waals surface area contributed by atoms with Gasteiger partial charge in [0.1, 0.15) is 36.1 Å². The summed E-state index contributed by atoms with van der Waals surface area (Å²) in [5, 5.41) is 3.29. The van der Waals surface area contributed by atoms with E-state index in [-0.39, 0.29) is 0 Å². The maximum atomic E-state index is 5.74. The van der Waals surface area contributed by atoms with Gasteiger partial charge in [-0.05, 0) is 55.8 Å². The highest BCUT2D eigenvalue weighted by atomic mass is 16.5. The number of aryl methyl sites for hydroxylation is 1. The molecule has 0 bridgehead atoms. The molecule has 0 saturated carbocycles. The van der Waals surface area contributed by atoms with Crippen LogP contribution in [0.1, 0.15) is 12.5 Å². The lowest BCUT2D eigenvalue weighted by molar-refractivity contribution is 0.331. The quantitative estimate of drug-likeness (QED) is 0.556. The molecule has 1 N–H and O–H groups in total. The van der Waals surface area contributed by atoms with Crippen LogP contribution in [0.4, 0.5) is 17.3 Å². The Morgan fingerprint density at radius 1 is 1.00 bits per heavy atom. The molecule has 28 heavy (non-hydrogen) atoms. The number of ether oxygens (including phenoxy) is 2. The first-order valence-electron chi connectivity index (χ1n) is 9.36. The van der Waals surface area contributed by atoms with Crippen molar-refractivity contribution in [2.24, 2.45) is 0 Å². The van der Waals surface area contributed by atoms with E-state index in [1.807, 2.05) is 30.3 Å². The van der Waals surface area contributed by atoms with Gasteiger partial charge in [0.2, 0.25) is 0 Å². The standard InChI is InChI=1S/C22H26N4O2/c1-4-26(18-7-5-6-17(2)14-18)22-15-21(24-16-25-22)23-12-13-28-20-10-8-19(27-3)9-11-20/h5-11,14-16H,4,12-13H2,1-3H3,(H,23,24,25). The maximum Gasteiger partial charge on any atom is 0.138 e. The van der Waals surface area contributed by atoms with Crippen LogP contribution < -0.4 is 19.7 Å².